The highest BCUT2D eigenvalue weighted by atomic mass is 35.5. The molecule has 0 bridgehead atoms. The SMILES string of the molecule is COc1ccc(NC(=O)CCC(=O)c2cc(C)ccc2OC)cc1Cl. The fraction of sp³-hybridized carbons (Fsp3) is 0.263. The number of anilines is 1. The van der Waals surface area contributed by atoms with E-state index in [2.05, 4.69) is 5.32 Å². The summed E-state index contributed by atoms with van der Waals surface area (Å²) in [6.07, 6.45) is 0.162. The standard InChI is InChI=1S/C19H20ClNO4/c1-12-4-7-17(24-2)14(10-12)16(22)6-9-19(23)21-13-5-8-18(25-3)15(20)11-13/h4-5,7-8,10-11H,6,9H2,1-3H3,(H,21,23). The predicted molar refractivity (Wildman–Crippen MR) is 97.9 cm³/mol. The molecule has 2 aromatic carbocycles. The summed E-state index contributed by atoms with van der Waals surface area (Å²) in [7, 11) is 3.03. The molecule has 132 valence electrons. The molecular weight excluding hydrogens is 342 g/mol. The van der Waals surface area contributed by atoms with Gasteiger partial charge in [0, 0.05) is 18.5 Å². The van der Waals surface area contributed by atoms with E-state index in [0.29, 0.717) is 27.8 Å². The molecule has 1 amide bonds. The molecule has 25 heavy (non-hydrogen) atoms. The normalized spacial score (nSPS) is 10.2. The number of rotatable bonds is 7. The number of nitrogens with one attached hydrogen (secondary N) is 1. The zero-order valence-corrected chi connectivity index (χ0v) is 15.1. The topological polar surface area (TPSA) is 64.6 Å². The molecule has 0 saturated carbocycles. The number of hydrogen-bond acceptors (Lipinski definition) is 4. The molecule has 0 aliphatic rings. The molecule has 0 saturated heterocycles. The summed E-state index contributed by atoms with van der Waals surface area (Å²) < 4.78 is 10.3. The third kappa shape index (κ3) is 4.97. The molecule has 0 aliphatic carbocycles. The van der Waals surface area contributed by atoms with E-state index >= 15 is 0 Å². The van der Waals surface area contributed by atoms with Gasteiger partial charge >= 0.3 is 0 Å². The van der Waals surface area contributed by atoms with Gasteiger partial charge in [0.15, 0.2) is 5.78 Å². The monoisotopic (exact) mass is 361 g/mol. The molecule has 1 N–H and O–H groups in total. The van der Waals surface area contributed by atoms with Crippen LogP contribution in [0.2, 0.25) is 5.02 Å². The van der Waals surface area contributed by atoms with Crippen LogP contribution in [0, 0.1) is 6.92 Å². The number of carbonyl (C=O) groups excluding carboxylic acids is 2. The predicted octanol–water partition coefficient (Wildman–Crippen LogP) is 4.27. The summed E-state index contributed by atoms with van der Waals surface area (Å²) in [5, 5.41) is 3.12. The Morgan fingerprint density at radius 3 is 2.32 bits per heavy atom. The van der Waals surface area contributed by atoms with E-state index in [9.17, 15) is 9.59 Å². The Morgan fingerprint density at radius 1 is 1.00 bits per heavy atom. The first kappa shape index (κ1) is 18.8. The van der Waals surface area contributed by atoms with E-state index < -0.39 is 0 Å². The van der Waals surface area contributed by atoms with Crippen molar-refractivity contribution in [1.82, 2.24) is 0 Å². The van der Waals surface area contributed by atoms with Crippen molar-refractivity contribution in [2.75, 3.05) is 19.5 Å². The fourth-order valence-corrected chi connectivity index (χ4v) is 2.63. The molecule has 0 fully saturated rings. The Labute approximate surface area is 151 Å². The molecule has 0 atom stereocenters. The van der Waals surface area contributed by atoms with Crippen LogP contribution in [0.25, 0.3) is 0 Å². The number of amides is 1. The maximum Gasteiger partial charge on any atom is 0.224 e. The molecule has 0 aromatic heterocycles. The molecule has 5 nitrogen and oxygen atoms in total. The number of methoxy groups -OCH3 is 2. The van der Waals surface area contributed by atoms with Crippen molar-refractivity contribution >= 4 is 29.0 Å². The van der Waals surface area contributed by atoms with E-state index in [1.165, 1.54) is 14.2 Å². The third-order valence-corrected chi connectivity index (χ3v) is 3.97. The first-order valence-corrected chi connectivity index (χ1v) is 8.13. The minimum absolute atomic E-state index is 0.0690. The lowest BCUT2D eigenvalue weighted by molar-refractivity contribution is -0.116. The van der Waals surface area contributed by atoms with Crippen LogP contribution >= 0.6 is 11.6 Å². The Morgan fingerprint density at radius 2 is 1.68 bits per heavy atom. The van der Waals surface area contributed by atoms with Crippen LogP contribution in [0.5, 0.6) is 11.5 Å². The van der Waals surface area contributed by atoms with Crippen molar-refractivity contribution in [1.29, 1.82) is 0 Å². The van der Waals surface area contributed by atoms with Gasteiger partial charge in [0.25, 0.3) is 0 Å². The van der Waals surface area contributed by atoms with E-state index in [0.717, 1.165) is 5.56 Å². The van der Waals surface area contributed by atoms with Crippen LogP contribution in [-0.4, -0.2) is 25.9 Å². The molecule has 2 rings (SSSR count). The summed E-state index contributed by atoms with van der Waals surface area (Å²) in [5.41, 5.74) is 2.00. The summed E-state index contributed by atoms with van der Waals surface area (Å²) in [6.45, 7) is 1.90. The van der Waals surface area contributed by atoms with Crippen molar-refractivity contribution in [3.63, 3.8) is 0 Å². The quantitative estimate of drug-likeness (QED) is 0.748. The Bertz CT molecular complexity index is 789. The van der Waals surface area contributed by atoms with Gasteiger partial charge in [-0.05, 0) is 37.3 Å². The number of ketones is 1. The number of aryl methyl sites for hydroxylation is 1. The molecular formula is C19H20ClNO4. The van der Waals surface area contributed by atoms with Gasteiger partial charge in [-0.3, -0.25) is 9.59 Å². The molecule has 0 radical (unpaired) electrons. The fourth-order valence-electron chi connectivity index (χ4n) is 2.37. The lowest BCUT2D eigenvalue weighted by Gasteiger charge is -2.10. The summed E-state index contributed by atoms with van der Waals surface area (Å²) >= 11 is 6.02. The highest BCUT2D eigenvalue weighted by Crippen LogP contribution is 2.27. The largest absolute Gasteiger partial charge is 0.496 e. The van der Waals surface area contributed by atoms with Gasteiger partial charge in [-0.2, -0.15) is 0 Å². The summed E-state index contributed by atoms with van der Waals surface area (Å²) in [4.78, 5) is 24.4. The minimum atomic E-state index is -0.263. The van der Waals surface area contributed by atoms with E-state index in [1.54, 1.807) is 30.3 Å². The number of hydrogen-bond donors (Lipinski definition) is 1. The lowest BCUT2D eigenvalue weighted by atomic mass is 10.0. The van der Waals surface area contributed by atoms with Crippen LogP contribution in [-0.2, 0) is 4.79 Å². The Hall–Kier alpha value is -2.53. The van der Waals surface area contributed by atoms with E-state index in [4.69, 9.17) is 21.1 Å². The average Bonchev–Trinajstić information content (AvgIpc) is 2.59. The first-order valence-electron chi connectivity index (χ1n) is 7.76. The Balaban J connectivity index is 1.97. The van der Waals surface area contributed by atoms with Crippen molar-refractivity contribution in [2.24, 2.45) is 0 Å². The second-order valence-electron chi connectivity index (χ2n) is 5.52. The van der Waals surface area contributed by atoms with E-state index in [1.807, 2.05) is 13.0 Å². The Kier molecular flexibility index (Phi) is 6.42. The third-order valence-electron chi connectivity index (χ3n) is 3.67. The van der Waals surface area contributed by atoms with Crippen LogP contribution in [0.15, 0.2) is 36.4 Å². The smallest absolute Gasteiger partial charge is 0.224 e. The number of carbonyl (C=O) groups is 2. The highest BCUT2D eigenvalue weighted by molar-refractivity contribution is 6.32. The maximum atomic E-state index is 12.4. The first-order chi connectivity index (χ1) is 11.9. The van der Waals surface area contributed by atoms with Crippen LogP contribution < -0.4 is 14.8 Å². The zero-order chi connectivity index (χ0) is 18.4. The maximum absolute atomic E-state index is 12.4. The van der Waals surface area contributed by atoms with Crippen LogP contribution in [0.1, 0.15) is 28.8 Å². The van der Waals surface area contributed by atoms with Gasteiger partial charge in [0.05, 0.1) is 24.8 Å². The molecule has 6 heteroatoms. The number of Topliss-reactive ketones (excluding diaryl/α,β-unsaturated/α-hetero) is 1. The number of halogens is 1. The zero-order valence-electron chi connectivity index (χ0n) is 14.4. The van der Waals surface area contributed by atoms with Crippen LogP contribution in [0.3, 0.4) is 0 Å². The molecule has 0 unspecified atom stereocenters. The summed E-state index contributed by atoms with van der Waals surface area (Å²) in [5.74, 6) is 0.643. The highest BCUT2D eigenvalue weighted by Gasteiger charge is 2.14. The van der Waals surface area contributed by atoms with Crippen molar-refractivity contribution in [3.05, 3.63) is 52.5 Å². The molecule has 0 aliphatic heterocycles. The van der Waals surface area contributed by atoms with E-state index in [-0.39, 0.29) is 24.5 Å². The second kappa shape index (κ2) is 8.53. The average molecular weight is 362 g/mol. The summed E-state index contributed by atoms with van der Waals surface area (Å²) in [6, 6.07) is 10.3. The number of ether oxygens (including phenoxy) is 2. The van der Waals surface area contributed by atoms with Gasteiger partial charge < -0.3 is 14.8 Å². The lowest BCUT2D eigenvalue weighted by Crippen LogP contribution is -2.14. The van der Waals surface area contributed by atoms with Crippen molar-refractivity contribution in [2.45, 2.75) is 19.8 Å². The number of benzene rings is 2. The van der Waals surface area contributed by atoms with Crippen molar-refractivity contribution in [3.8, 4) is 11.5 Å². The molecule has 0 spiro atoms. The molecule has 0 heterocycles. The van der Waals surface area contributed by atoms with Gasteiger partial charge in [-0.15, -0.1) is 0 Å². The van der Waals surface area contributed by atoms with Gasteiger partial charge in [0.2, 0.25) is 5.91 Å². The van der Waals surface area contributed by atoms with Gasteiger partial charge in [0.1, 0.15) is 11.5 Å². The van der Waals surface area contributed by atoms with Gasteiger partial charge in [-0.1, -0.05) is 23.2 Å². The van der Waals surface area contributed by atoms with Crippen LogP contribution in [0.4, 0.5) is 5.69 Å². The molecule has 2 aromatic rings. The minimum Gasteiger partial charge on any atom is -0.496 e. The second-order valence-corrected chi connectivity index (χ2v) is 5.93. The van der Waals surface area contributed by atoms with Gasteiger partial charge in [-0.25, -0.2) is 0 Å². The van der Waals surface area contributed by atoms with Crippen molar-refractivity contribution < 1.29 is 19.1 Å².